The third kappa shape index (κ3) is 2.91. The molecule has 1 aliphatic carbocycles. The first-order chi connectivity index (χ1) is 8.57. The Kier molecular flexibility index (Phi) is 4.04. The highest BCUT2D eigenvalue weighted by Crippen LogP contribution is 2.31. The van der Waals surface area contributed by atoms with Gasteiger partial charge in [-0.2, -0.15) is 4.31 Å². The van der Waals surface area contributed by atoms with Crippen LogP contribution in [0.25, 0.3) is 0 Å². The van der Waals surface area contributed by atoms with Crippen LogP contribution in [0.5, 0.6) is 0 Å². The van der Waals surface area contributed by atoms with Crippen LogP contribution >= 0.6 is 0 Å². The van der Waals surface area contributed by atoms with Gasteiger partial charge in [-0.15, -0.1) is 0 Å². The third-order valence-corrected chi connectivity index (χ3v) is 5.26. The molecule has 2 N–H and O–H groups in total. The van der Waals surface area contributed by atoms with Crippen molar-refractivity contribution in [1.82, 2.24) is 4.31 Å². The summed E-state index contributed by atoms with van der Waals surface area (Å²) in [5, 5.41) is 0. The molecular formula is C13H20N2O2S. The van der Waals surface area contributed by atoms with Crippen LogP contribution in [-0.2, 0) is 16.6 Å². The van der Waals surface area contributed by atoms with Gasteiger partial charge in [-0.3, -0.25) is 0 Å². The number of sulfonamides is 1. The zero-order chi connectivity index (χ0) is 13.2. The van der Waals surface area contributed by atoms with E-state index in [0.717, 1.165) is 18.4 Å². The number of hydrogen-bond acceptors (Lipinski definition) is 3. The fourth-order valence-corrected chi connectivity index (χ4v) is 3.46. The van der Waals surface area contributed by atoms with Crippen LogP contribution < -0.4 is 5.73 Å². The summed E-state index contributed by atoms with van der Waals surface area (Å²) in [6.45, 7) is 3.49. The molecule has 4 nitrogen and oxygen atoms in total. The lowest BCUT2D eigenvalue weighted by molar-refractivity contribution is 0.412. The van der Waals surface area contributed by atoms with Crippen molar-refractivity contribution >= 4 is 10.0 Å². The maximum atomic E-state index is 12.4. The van der Waals surface area contributed by atoms with Crippen LogP contribution in [0.4, 0.5) is 0 Å². The third-order valence-electron chi connectivity index (χ3n) is 3.31. The van der Waals surface area contributed by atoms with E-state index < -0.39 is 10.0 Å². The van der Waals surface area contributed by atoms with Gasteiger partial charge in [-0.05, 0) is 36.5 Å². The molecule has 0 atom stereocenters. The van der Waals surface area contributed by atoms with Crippen LogP contribution in [0.2, 0.25) is 0 Å². The molecule has 0 saturated heterocycles. The molecule has 1 aromatic rings. The molecule has 0 unspecified atom stereocenters. The first-order valence-corrected chi connectivity index (χ1v) is 7.81. The van der Waals surface area contributed by atoms with Crippen molar-refractivity contribution in [3.8, 4) is 0 Å². The zero-order valence-corrected chi connectivity index (χ0v) is 11.5. The molecule has 5 heteroatoms. The lowest BCUT2D eigenvalue weighted by Gasteiger charge is -2.20. The number of rotatable bonds is 6. The first kappa shape index (κ1) is 13.5. The molecule has 100 valence electrons. The molecule has 2 rings (SSSR count). The van der Waals surface area contributed by atoms with Crippen molar-refractivity contribution in [2.75, 3.05) is 13.1 Å². The summed E-state index contributed by atoms with van der Waals surface area (Å²) in [6.07, 6.45) is 2.30. The van der Waals surface area contributed by atoms with Gasteiger partial charge in [0.1, 0.15) is 0 Å². The van der Waals surface area contributed by atoms with Crippen molar-refractivity contribution in [2.24, 2.45) is 11.7 Å². The van der Waals surface area contributed by atoms with Gasteiger partial charge in [0.05, 0.1) is 4.90 Å². The fourth-order valence-electron chi connectivity index (χ4n) is 1.93. The predicted octanol–water partition coefficient (Wildman–Crippen LogP) is 1.57. The number of benzene rings is 1. The van der Waals surface area contributed by atoms with Gasteiger partial charge >= 0.3 is 0 Å². The van der Waals surface area contributed by atoms with Crippen LogP contribution in [0.1, 0.15) is 25.3 Å². The summed E-state index contributed by atoms with van der Waals surface area (Å²) in [6, 6.07) is 6.84. The van der Waals surface area contributed by atoms with E-state index in [9.17, 15) is 8.42 Å². The molecule has 1 aromatic carbocycles. The predicted molar refractivity (Wildman–Crippen MR) is 71.5 cm³/mol. The minimum Gasteiger partial charge on any atom is -0.326 e. The van der Waals surface area contributed by atoms with Crippen molar-refractivity contribution in [3.63, 3.8) is 0 Å². The molecule has 0 aromatic heterocycles. The molecule has 1 saturated carbocycles. The van der Waals surface area contributed by atoms with Gasteiger partial charge < -0.3 is 5.73 Å². The Labute approximate surface area is 109 Å². The smallest absolute Gasteiger partial charge is 0.243 e. The average Bonchev–Trinajstić information content (AvgIpc) is 3.19. The highest BCUT2D eigenvalue weighted by Gasteiger charge is 2.30. The van der Waals surface area contributed by atoms with E-state index in [1.54, 1.807) is 28.6 Å². The van der Waals surface area contributed by atoms with Crippen molar-refractivity contribution in [1.29, 1.82) is 0 Å². The Hall–Kier alpha value is -0.910. The molecule has 0 spiro atoms. The lowest BCUT2D eigenvalue weighted by Crippen LogP contribution is -2.32. The topological polar surface area (TPSA) is 63.4 Å². The van der Waals surface area contributed by atoms with Gasteiger partial charge in [0.2, 0.25) is 10.0 Å². The van der Waals surface area contributed by atoms with E-state index in [1.165, 1.54) is 0 Å². The normalized spacial score (nSPS) is 16.2. The summed E-state index contributed by atoms with van der Waals surface area (Å²) in [7, 11) is -3.34. The highest BCUT2D eigenvalue weighted by atomic mass is 32.2. The largest absolute Gasteiger partial charge is 0.326 e. The number of nitrogens with zero attached hydrogens (tertiary/aromatic N) is 1. The Morgan fingerprint density at radius 2 is 1.89 bits per heavy atom. The van der Waals surface area contributed by atoms with E-state index in [1.807, 2.05) is 6.92 Å². The van der Waals surface area contributed by atoms with E-state index in [-0.39, 0.29) is 0 Å². The van der Waals surface area contributed by atoms with Crippen LogP contribution in [0, 0.1) is 5.92 Å². The minimum absolute atomic E-state index is 0.363. The molecular weight excluding hydrogens is 248 g/mol. The molecule has 0 radical (unpaired) electrons. The van der Waals surface area contributed by atoms with Crippen LogP contribution in [0.15, 0.2) is 29.2 Å². The zero-order valence-electron chi connectivity index (χ0n) is 10.7. The number of nitrogens with two attached hydrogens (primary N) is 1. The highest BCUT2D eigenvalue weighted by molar-refractivity contribution is 7.89. The second-order valence-electron chi connectivity index (χ2n) is 4.75. The maximum absolute atomic E-state index is 12.4. The van der Waals surface area contributed by atoms with Crippen molar-refractivity contribution in [3.05, 3.63) is 29.8 Å². The first-order valence-electron chi connectivity index (χ1n) is 6.37. The molecule has 18 heavy (non-hydrogen) atoms. The maximum Gasteiger partial charge on any atom is 0.243 e. The number of hydrogen-bond donors (Lipinski definition) is 1. The Morgan fingerprint density at radius 1 is 1.28 bits per heavy atom. The average molecular weight is 268 g/mol. The van der Waals surface area contributed by atoms with E-state index in [0.29, 0.717) is 30.4 Å². The summed E-state index contributed by atoms with van der Waals surface area (Å²) in [4.78, 5) is 0.363. The van der Waals surface area contributed by atoms with Crippen molar-refractivity contribution in [2.45, 2.75) is 31.2 Å². The molecule has 0 amide bonds. The summed E-state index contributed by atoms with van der Waals surface area (Å²) < 4.78 is 26.4. The van der Waals surface area contributed by atoms with E-state index in [4.69, 9.17) is 5.73 Å². The Morgan fingerprint density at radius 3 is 2.33 bits per heavy atom. The SMILES string of the molecule is CCN(CC1CC1)S(=O)(=O)c1ccc(CN)cc1. The molecule has 1 aliphatic rings. The van der Waals surface area contributed by atoms with Crippen LogP contribution in [0.3, 0.4) is 0 Å². The van der Waals surface area contributed by atoms with E-state index in [2.05, 4.69) is 0 Å². The van der Waals surface area contributed by atoms with Crippen molar-refractivity contribution < 1.29 is 8.42 Å². The van der Waals surface area contributed by atoms with Gasteiger partial charge in [-0.25, -0.2) is 8.42 Å². The Bertz CT molecular complexity index is 492. The summed E-state index contributed by atoms with van der Waals surface area (Å²) >= 11 is 0. The molecule has 0 aliphatic heterocycles. The molecule has 0 heterocycles. The lowest BCUT2D eigenvalue weighted by atomic mass is 10.2. The molecule has 1 fully saturated rings. The second kappa shape index (κ2) is 5.38. The standard InChI is InChI=1S/C13H20N2O2S/c1-2-15(10-12-3-4-12)18(16,17)13-7-5-11(9-14)6-8-13/h5-8,12H,2-4,9-10,14H2,1H3. The van der Waals surface area contributed by atoms with Gasteiger partial charge in [0.25, 0.3) is 0 Å². The quantitative estimate of drug-likeness (QED) is 0.851. The fraction of sp³-hybridized carbons (Fsp3) is 0.538. The molecule has 0 bridgehead atoms. The van der Waals surface area contributed by atoms with E-state index >= 15 is 0 Å². The van der Waals surface area contributed by atoms with Gasteiger partial charge in [0, 0.05) is 19.6 Å². The minimum atomic E-state index is -3.34. The van der Waals surface area contributed by atoms with Crippen LogP contribution in [-0.4, -0.2) is 25.8 Å². The summed E-state index contributed by atoms with van der Waals surface area (Å²) in [5.74, 6) is 0.558. The second-order valence-corrected chi connectivity index (χ2v) is 6.69. The van der Waals surface area contributed by atoms with Gasteiger partial charge in [0.15, 0.2) is 0 Å². The Balaban J connectivity index is 2.21. The van der Waals surface area contributed by atoms with Gasteiger partial charge in [-0.1, -0.05) is 19.1 Å². The summed E-state index contributed by atoms with van der Waals surface area (Å²) in [5.41, 5.74) is 6.45. The monoisotopic (exact) mass is 268 g/mol.